The third-order valence-electron chi connectivity index (χ3n) is 5.09. The number of hydrogen-bond acceptors (Lipinski definition) is 6. The molecule has 7 heteroatoms. The molecule has 4 rings (SSSR count). The van der Waals surface area contributed by atoms with Crippen molar-refractivity contribution in [2.24, 2.45) is 0 Å². The average Bonchev–Trinajstić information content (AvgIpc) is 2.89. The van der Waals surface area contributed by atoms with Crippen LogP contribution in [0.2, 0.25) is 0 Å². The van der Waals surface area contributed by atoms with Crippen molar-refractivity contribution in [1.82, 2.24) is 9.97 Å². The van der Waals surface area contributed by atoms with Crippen LogP contribution in [0, 0.1) is 6.92 Å². The molecule has 1 amide bonds. The van der Waals surface area contributed by atoms with E-state index in [0.29, 0.717) is 19.7 Å². The Morgan fingerprint density at radius 2 is 1.80 bits per heavy atom. The van der Waals surface area contributed by atoms with Gasteiger partial charge >= 0.3 is 0 Å². The first-order chi connectivity index (χ1) is 14.6. The minimum absolute atomic E-state index is 0.0307. The fourth-order valence-corrected chi connectivity index (χ4v) is 3.58. The number of hydrogen-bond donors (Lipinski definition) is 1. The molecule has 0 atom stereocenters. The second-order valence-corrected chi connectivity index (χ2v) is 7.24. The number of para-hydroxylation sites is 2. The van der Waals surface area contributed by atoms with Gasteiger partial charge in [-0.1, -0.05) is 36.4 Å². The van der Waals surface area contributed by atoms with E-state index in [1.165, 1.54) is 6.33 Å². The summed E-state index contributed by atoms with van der Waals surface area (Å²) in [6.07, 6.45) is 1.53. The van der Waals surface area contributed by atoms with E-state index in [1.807, 2.05) is 78.4 Å². The smallest absolute Gasteiger partial charge is 0.246 e. The monoisotopic (exact) mass is 403 g/mol. The molecule has 0 unspecified atom stereocenters. The van der Waals surface area contributed by atoms with E-state index in [0.717, 1.165) is 34.2 Å². The molecule has 30 heavy (non-hydrogen) atoms. The molecule has 1 aromatic heterocycles. The summed E-state index contributed by atoms with van der Waals surface area (Å²) in [6.45, 7) is 3.76. The van der Waals surface area contributed by atoms with E-state index in [2.05, 4.69) is 15.3 Å². The molecule has 154 valence electrons. The van der Waals surface area contributed by atoms with Crippen LogP contribution in [0.1, 0.15) is 11.1 Å². The highest BCUT2D eigenvalue weighted by molar-refractivity contribution is 5.98. The van der Waals surface area contributed by atoms with Crippen molar-refractivity contribution in [3.8, 4) is 5.75 Å². The third-order valence-corrected chi connectivity index (χ3v) is 5.09. The lowest BCUT2D eigenvalue weighted by molar-refractivity contribution is -0.117. The second kappa shape index (κ2) is 8.82. The van der Waals surface area contributed by atoms with E-state index in [-0.39, 0.29) is 12.5 Å². The first-order valence-corrected chi connectivity index (χ1v) is 9.96. The molecule has 7 nitrogen and oxygen atoms in total. The summed E-state index contributed by atoms with van der Waals surface area (Å²) in [5.74, 6) is 2.35. The Hall–Kier alpha value is -3.61. The molecule has 0 bridgehead atoms. The van der Waals surface area contributed by atoms with Gasteiger partial charge in [0, 0.05) is 12.7 Å². The van der Waals surface area contributed by atoms with Gasteiger partial charge in [0.15, 0.2) is 0 Å². The predicted octanol–water partition coefficient (Wildman–Crippen LogP) is 3.26. The van der Waals surface area contributed by atoms with E-state index < -0.39 is 0 Å². The highest BCUT2D eigenvalue weighted by atomic mass is 16.5. The number of benzene rings is 2. The number of nitrogens with zero attached hydrogens (tertiary/aromatic N) is 4. The summed E-state index contributed by atoms with van der Waals surface area (Å²) in [5.41, 5.74) is 2.86. The lowest BCUT2D eigenvalue weighted by Gasteiger charge is -2.23. The van der Waals surface area contributed by atoms with Crippen LogP contribution in [0.5, 0.6) is 5.75 Å². The molecule has 1 aliphatic heterocycles. The molecule has 0 saturated heterocycles. The van der Waals surface area contributed by atoms with Crippen LogP contribution >= 0.6 is 0 Å². The summed E-state index contributed by atoms with van der Waals surface area (Å²) in [7, 11) is 1.88. The third kappa shape index (κ3) is 4.20. The number of anilines is 3. The maximum absolute atomic E-state index is 13.0. The number of fused-ring (bicyclic) bond motifs is 1. The Kier molecular flexibility index (Phi) is 5.79. The number of aromatic nitrogens is 2. The van der Waals surface area contributed by atoms with Gasteiger partial charge in [-0.3, -0.25) is 4.79 Å². The Morgan fingerprint density at radius 3 is 2.60 bits per heavy atom. The Bertz CT molecular complexity index is 1030. The van der Waals surface area contributed by atoms with Crippen molar-refractivity contribution in [2.45, 2.75) is 13.5 Å². The van der Waals surface area contributed by atoms with Crippen molar-refractivity contribution in [3.05, 3.63) is 72.1 Å². The van der Waals surface area contributed by atoms with Crippen LogP contribution < -0.4 is 19.9 Å². The van der Waals surface area contributed by atoms with Crippen LogP contribution in [-0.4, -0.2) is 42.6 Å². The number of aryl methyl sites for hydroxylation is 1. The largest absolute Gasteiger partial charge is 0.492 e. The summed E-state index contributed by atoms with van der Waals surface area (Å²) in [6, 6.07) is 17.6. The first-order valence-electron chi connectivity index (χ1n) is 9.96. The number of ether oxygens (including phenoxy) is 1. The predicted molar refractivity (Wildman–Crippen MR) is 118 cm³/mol. The topological polar surface area (TPSA) is 70.6 Å². The highest BCUT2D eigenvalue weighted by Gasteiger charge is 2.28. The zero-order valence-corrected chi connectivity index (χ0v) is 17.2. The maximum atomic E-state index is 13.0. The molecule has 1 aliphatic rings. The minimum Gasteiger partial charge on any atom is -0.492 e. The molecule has 0 aliphatic carbocycles. The minimum atomic E-state index is 0.0307. The van der Waals surface area contributed by atoms with Crippen molar-refractivity contribution >= 4 is 23.2 Å². The first kappa shape index (κ1) is 19.7. The number of nitrogens with one attached hydrogen (secondary N) is 1. The number of amides is 1. The molecule has 2 heterocycles. The molecular formula is C23H25N5O2. The van der Waals surface area contributed by atoms with Gasteiger partial charge in [-0.05, 0) is 30.7 Å². The van der Waals surface area contributed by atoms with Crippen molar-refractivity contribution in [3.63, 3.8) is 0 Å². The molecule has 2 aromatic carbocycles. The summed E-state index contributed by atoms with van der Waals surface area (Å²) in [4.78, 5) is 25.6. The quantitative estimate of drug-likeness (QED) is 0.637. The highest BCUT2D eigenvalue weighted by Crippen LogP contribution is 2.31. The van der Waals surface area contributed by atoms with E-state index >= 15 is 0 Å². The Labute approximate surface area is 176 Å². The van der Waals surface area contributed by atoms with Gasteiger partial charge in [0.05, 0.1) is 25.2 Å². The van der Waals surface area contributed by atoms with Gasteiger partial charge < -0.3 is 19.9 Å². The van der Waals surface area contributed by atoms with Crippen LogP contribution in [-0.2, 0) is 11.3 Å². The standard InChI is InChI=1S/C23H25N5O2/c1-17-8-6-7-11-20(17)28-14-19-22(24-12-13-30-18-9-4-3-5-10-18)25-16-26-23(19)27(2)15-21(28)29/h3-11,16H,12-15H2,1-2H3,(H,24,25,26). The number of likely N-dealkylation sites (N-methyl/N-ethyl adjacent to an activating group) is 1. The fourth-order valence-electron chi connectivity index (χ4n) is 3.58. The van der Waals surface area contributed by atoms with Crippen LogP contribution in [0.3, 0.4) is 0 Å². The lowest BCUT2D eigenvalue weighted by atomic mass is 10.1. The second-order valence-electron chi connectivity index (χ2n) is 7.24. The normalized spacial score (nSPS) is 13.6. The molecule has 0 saturated carbocycles. The molecule has 0 spiro atoms. The molecule has 0 radical (unpaired) electrons. The van der Waals surface area contributed by atoms with Gasteiger partial charge in [-0.25, -0.2) is 9.97 Å². The van der Waals surface area contributed by atoms with Crippen molar-refractivity contribution in [2.75, 3.05) is 41.9 Å². The molecule has 0 fully saturated rings. The van der Waals surface area contributed by atoms with E-state index in [9.17, 15) is 4.79 Å². The number of rotatable bonds is 6. The van der Waals surface area contributed by atoms with Crippen LogP contribution in [0.15, 0.2) is 60.9 Å². The van der Waals surface area contributed by atoms with Gasteiger partial charge in [0.25, 0.3) is 0 Å². The van der Waals surface area contributed by atoms with E-state index in [4.69, 9.17) is 4.74 Å². The van der Waals surface area contributed by atoms with Gasteiger partial charge in [-0.2, -0.15) is 0 Å². The van der Waals surface area contributed by atoms with Crippen LogP contribution in [0.4, 0.5) is 17.3 Å². The van der Waals surface area contributed by atoms with Gasteiger partial charge in [-0.15, -0.1) is 0 Å². The number of carbonyl (C=O) groups excluding carboxylic acids is 1. The Balaban J connectivity index is 1.54. The fraction of sp³-hybridized carbons (Fsp3) is 0.261. The Morgan fingerprint density at radius 1 is 1.03 bits per heavy atom. The zero-order valence-electron chi connectivity index (χ0n) is 17.2. The molecular weight excluding hydrogens is 378 g/mol. The lowest BCUT2D eigenvalue weighted by Crippen LogP contribution is -2.36. The summed E-state index contributed by atoms with van der Waals surface area (Å²) >= 11 is 0. The molecule has 3 aromatic rings. The van der Waals surface area contributed by atoms with Gasteiger partial charge in [0.2, 0.25) is 5.91 Å². The van der Waals surface area contributed by atoms with Crippen molar-refractivity contribution < 1.29 is 9.53 Å². The average molecular weight is 403 g/mol. The van der Waals surface area contributed by atoms with Crippen molar-refractivity contribution in [1.29, 1.82) is 0 Å². The van der Waals surface area contributed by atoms with Crippen LogP contribution in [0.25, 0.3) is 0 Å². The number of carbonyl (C=O) groups is 1. The maximum Gasteiger partial charge on any atom is 0.246 e. The zero-order chi connectivity index (χ0) is 20.9. The summed E-state index contributed by atoms with van der Waals surface area (Å²) in [5, 5.41) is 3.35. The summed E-state index contributed by atoms with van der Waals surface area (Å²) < 4.78 is 5.76. The SMILES string of the molecule is Cc1ccccc1N1Cc2c(NCCOc3ccccc3)ncnc2N(C)CC1=O. The molecule has 1 N–H and O–H groups in total. The van der Waals surface area contributed by atoms with E-state index in [1.54, 1.807) is 0 Å². The van der Waals surface area contributed by atoms with Gasteiger partial charge in [0.1, 0.15) is 30.3 Å².